The third-order valence-electron chi connectivity index (χ3n) is 5.22. The number of allylic oxidation sites excluding steroid dienone is 5. The maximum Gasteiger partial charge on any atom is 0.220 e. The molecule has 0 saturated carbocycles. The van der Waals surface area contributed by atoms with Crippen molar-refractivity contribution in [1.29, 1.82) is 0 Å². The lowest BCUT2D eigenvalue weighted by Gasteiger charge is -2.42. The van der Waals surface area contributed by atoms with Crippen molar-refractivity contribution in [2.45, 2.75) is 58.0 Å². The number of rotatable bonds is 9. The number of carbonyl (C=O) groups is 1. The predicted octanol–water partition coefficient (Wildman–Crippen LogP) is 3.19. The minimum atomic E-state index is -0.0450. The molecule has 2 aliphatic rings. The summed E-state index contributed by atoms with van der Waals surface area (Å²) in [4.78, 5) is 14.1. The Kier molecular flexibility index (Phi) is 7.51. The Morgan fingerprint density at radius 3 is 2.81 bits per heavy atom. The first-order valence-corrected chi connectivity index (χ1v) is 9.57. The summed E-state index contributed by atoms with van der Waals surface area (Å²) < 4.78 is 0. The Hall–Kier alpha value is -2.01. The molecule has 1 saturated heterocycles. The lowest BCUT2D eigenvalue weighted by Crippen LogP contribution is -2.61. The third-order valence-corrected chi connectivity index (χ3v) is 5.22. The molecule has 1 unspecified atom stereocenters. The van der Waals surface area contributed by atoms with Crippen LogP contribution in [-0.2, 0) is 4.79 Å². The van der Waals surface area contributed by atoms with E-state index in [2.05, 4.69) is 47.8 Å². The summed E-state index contributed by atoms with van der Waals surface area (Å²) in [6.07, 6.45) is 8.70. The molecular formula is C21H33N3O2. The van der Waals surface area contributed by atoms with E-state index >= 15 is 0 Å². The SMILES string of the molecule is C=C(/C=C\C1=C(C)NCCC1)CCCC(=O)NC1CN(C(C)C(=C)O)C1. The second kappa shape index (κ2) is 9.62. The second-order valence-corrected chi connectivity index (χ2v) is 7.41. The van der Waals surface area contributed by atoms with Crippen LogP contribution in [0.2, 0.25) is 0 Å². The molecule has 26 heavy (non-hydrogen) atoms. The summed E-state index contributed by atoms with van der Waals surface area (Å²) in [6, 6.07) is 0.137. The molecule has 0 bridgehead atoms. The van der Waals surface area contributed by atoms with Gasteiger partial charge in [0.25, 0.3) is 0 Å². The summed E-state index contributed by atoms with van der Waals surface area (Å²) in [5.74, 6) is 0.272. The van der Waals surface area contributed by atoms with Crippen molar-refractivity contribution in [1.82, 2.24) is 15.5 Å². The zero-order valence-corrected chi connectivity index (χ0v) is 16.2. The van der Waals surface area contributed by atoms with E-state index in [1.54, 1.807) is 0 Å². The minimum Gasteiger partial charge on any atom is -0.511 e. The van der Waals surface area contributed by atoms with Crippen molar-refractivity contribution in [3.05, 3.63) is 47.9 Å². The van der Waals surface area contributed by atoms with E-state index < -0.39 is 0 Å². The van der Waals surface area contributed by atoms with Crippen molar-refractivity contribution < 1.29 is 9.90 Å². The summed E-state index contributed by atoms with van der Waals surface area (Å²) >= 11 is 0. The summed E-state index contributed by atoms with van der Waals surface area (Å²) in [6.45, 7) is 14.3. The first-order valence-electron chi connectivity index (χ1n) is 9.57. The van der Waals surface area contributed by atoms with Crippen LogP contribution in [0.3, 0.4) is 0 Å². The largest absolute Gasteiger partial charge is 0.511 e. The van der Waals surface area contributed by atoms with E-state index in [1.165, 1.54) is 17.7 Å². The Bertz CT molecular complexity index is 600. The van der Waals surface area contributed by atoms with Crippen LogP contribution >= 0.6 is 0 Å². The highest BCUT2D eigenvalue weighted by Gasteiger charge is 2.32. The molecule has 0 aliphatic carbocycles. The van der Waals surface area contributed by atoms with Gasteiger partial charge in [-0.05, 0) is 45.1 Å². The number of aliphatic hydroxyl groups is 1. The lowest BCUT2D eigenvalue weighted by molar-refractivity contribution is -0.123. The topological polar surface area (TPSA) is 64.6 Å². The van der Waals surface area contributed by atoms with Gasteiger partial charge in [0, 0.05) is 31.8 Å². The molecule has 144 valence electrons. The van der Waals surface area contributed by atoms with Crippen LogP contribution in [0.15, 0.2) is 47.9 Å². The molecule has 2 aliphatic heterocycles. The highest BCUT2D eigenvalue weighted by Crippen LogP contribution is 2.18. The Morgan fingerprint density at radius 1 is 1.42 bits per heavy atom. The van der Waals surface area contributed by atoms with E-state index in [0.717, 1.165) is 44.5 Å². The van der Waals surface area contributed by atoms with Gasteiger partial charge in [-0.25, -0.2) is 0 Å². The van der Waals surface area contributed by atoms with Crippen LogP contribution in [0.4, 0.5) is 0 Å². The number of amides is 1. The average molecular weight is 360 g/mol. The van der Waals surface area contributed by atoms with E-state index in [4.69, 9.17) is 0 Å². The fraction of sp³-hybridized carbons (Fsp3) is 0.571. The molecule has 2 heterocycles. The zero-order valence-electron chi connectivity index (χ0n) is 16.2. The fourth-order valence-corrected chi connectivity index (χ4v) is 3.27. The smallest absolute Gasteiger partial charge is 0.220 e. The van der Waals surface area contributed by atoms with Crippen LogP contribution in [0.1, 0.15) is 46.0 Å². The van der Waals surface area contributed by atoms with Gasteiger partial charge in [0.15, 0.2) is 0 Å². The van der Waals surface area contributed by atoms with Gasteiger partial charge in [0.2, 0.25) is 5.91 Å². The number of aliphatic hydroxyl groups excluding tert-OH is 1. The van der Waals surface area contributed by atoms with E-state index in [0.29, 0.717) is 6.42 Å². The van der Waals surface area contributed by atoms with Crippen molar-refractivity contribution in [2.75, 3.05) is 19.6 Å². The minimum absolute atomic E-state index is 0.0450. The van der Waals surface area contributed by atoms with Gasteiger partial charge in [-0.2, -0.15) is 0 Å². The van der Waals surface area contributed by atoms with Gasteiger partial charge >= 0.3 is 0 Å². The zero-order chi connectivity index (χ0) is 19.1. The molecule has 2 rings (SSSR count). The average Bonchev–Trinajstić information content (AvgIpc) is 2.56. The molecule has 3 N–H and O–H groups in total. The number of hydrogen-bond acceptors (Lipinski definition) is 4. The highest BCUT2D eigenvalue weighted by molar-refractivity contribution is 5.76. The van der Waals surface area contributed by atoms with Gasteiger partial charge in [-0.1, -0.05) is 30.9 Å². The van der Waals surface area contributed by atoms with Crippen LogP contribution in [0, 0.1) is 0 Å². The molecule has 1 fully saturated rings. The molecule has 0 spiro atoms. The van der Waals surface area contributed by atoms with Crippen LogP contribution in [-0.4, -0.2) is 47.6 Å². The molecule has 5 heteroatoms. The normalized spacial score (nSPS) is 19.8. The van der Waals surface area contributed by atoms with Crippen molar-refractivity contribution >= 4 is 5.91 Å². The van der Waals surface area contributed by atoms with E-state index in [1.807, 2.05) is 6.92 Å². The summed E-state index contributed by atoms with van der Waals surface area (Å²) in [5, 5.41) is 15.8. The molecule has 1 atom stereocenters. The van der Waals surface area contributed by atoms with Crippen molar-refractivity contribution in [3.8, 4) is 0 Å². The molecule has 5 nitrogen and oxygen atoms in total. The molecule has 0 aromatic heterocycles. The Labute approximate surface area is 157 Å². The second-order valence-electron chi connectivity index (χ2n) is 7.41. The lowest BCUT2D eigenvalue weighted by atomic mass is 10.0. The number of carbonyl (C=O) groups excluding carboxylic acids is 1. The number of nitrogens with zero attached hydrogens (tertiary/aromatic N) is 1. The van der Waals surface area contributed by atoms with Crippen molar-refractivity contribution in [2.24, 2.45) is 0 Å². The molecule has 0 aromatic carbocycles. The fourth-order valence-electron chi connectivity index (χ4n) is 3.27. The standard InChI is InChI=1S/C21H33N3O2/c1-15(10-11-19-8-6-12-22-16(19)2)7-5-9-21(26)23-20-13-24(14-20)17(3)18(4)25/h10-11,17,20,22,25H,1,4-9,12-14H2,2-3H3,(H,23,26)/b11-10-. The molecular weight excluding hydrogens is 326 g/mol. The molecule has 1 amide bonds. The number of likely N-dealkylation sites (tertiary alicyclic amines) is 1. The number of nitrogens with one attached hydrogen (secondary N) is 2. The molecule has 0 aromatic rings. The highest BCUT2D eigenvalue weighted by atomic mass is 16.3. The van der Waals surface area contributed by atoms with Crippen LogP contribution < -0.4 is 10.6 Å². The monoisotopic (exact) mass is 359 g/mol. The maximum atomic E-state index is 12.0. The van der Waals surface area contributed by atoms with Crippen LogP contribution in [0.25, 0.3) is 0 Å². The summed E-state index contributed by atoms with van der Waals surface area (Å²) in [7, 11) is 0. The van der Waals surface area contributed by atoms with Gasteiger partial charge in [0.1, 0.15) is 5.76 Å². The van der Waals surface area contributed by atoms with E-state index in [9.17, 15) is 9.90 Å². The van der Waals surface area contributed by atoms with Gasteiger partial charge in [-0.3, -0.25) is 9.69 Å². The van der Waals surface area contributed by atoms with Crippen LogP contribution in [0.5, 0.6) is 0 Å². The third kappa shape index (κ3) is 6.06. The molecule has 0 radical (unpaired) electrons. The van der Waals surface area contributed by atoms with E-state index in [-0.39, 0.29) is 23.8 Å². The van der Waals surface area contributed by atoms with Gasteiger partial charge < -0.3 is 15.7 Å². The quantitative estimate of drug-likeness (QED) is 0.437. The van der Waals surface area contributed by atoms with Gasteiger partial charge in [0.05, 0.1) is 12.1 Å². The first-order chi connectivity index (χ1) is 12.4. The first kappa shape index (κ1) is 20.3. The predicted molar refractivity (Wildman–Crippen MR) is 107 cm³/mol. The van der Waals surface area contributed by atoms with Gasteiger partial charge in [-0.15, -0.1) is 0 Å². The maximum absolute atomic E-state index is 12.0. The summed E-state index contributed by atoms with van der Waals surface area (Å²) in [5.41, 5.74) is 3.67. The number of hydrogen-bond donors (Lipinski definition) is 3. The van der Waals surface area contributed by atoms with Crippen molar-refractivity contribution in [3.63, 3.8) is 0 Å². The Balaban J connectivity index is 1.60. The Morgan fingerprint density at radius 2 is 2.15 bits per heavy atom.